The van der Waals surface area contributed by atoms with Crippen molar-refractivity contribution in [3.63, 3.8) is 0 Å². The summed E-state index contributed by atoms with van der Waals surface area (Å²) in [7, 11) is 0. The molecule has 0 unspecified atom stereocenters. The molecule has 0 spiro atoms. The minimum atomic E-state index is 1.28. The van der Waals surface area contributed by atoms with Crippen LogP contribution in [-0.4, -0.2) is 0 Å². The highest BCUT2D eigenvalue weighted by Crippen LogP contribution is 2.18. The summed E-state index contributed by atoms with van der Waals surface area (Å²) in [4.78, 5) is 0. The second-order valence-corrected chi connectivity index (χ2v) is 9.47. The van der Waals surface area contributed by atoms with E-state index < -0.39 is 0 Å². The maximum atomic E-state index is 2.12. The Morgan fingerprint density at radius 2 is 0.269 bits per heavy atom. The topological polar surface area (TPSA) is 0 Å². The number of hydrogen-bond acceptors (Lipinski definition) is 0. The number of fused-ring (bicyclic) bond motifs is 1. The molecule has 7 aromatic rings. The zero-order chi connectivity index (χ0) is 54.4. The summed E-state index contributed by atoms with van der Waals surface area (Å²) in [5, 5.41) is 2.62. The van der Waals surface area contributed by atoms with Gasteiger partial charge in [0.15, 0.2) is 0 Å². The van der Waals surface area contributed by atoms with Crippen LogP contribution >= 0.6 is 0 Å². The number of rotatable bonds is 2. The van der Waals surface area contributed by atoms with Gasteiger partial charge in [-0.1, -0.05) is 386 Å². The molecule has 0 saturated carbocycles. The first-order valence-corrected chi connectivity index (χ1v) is 27.0. The maximum Gasteiger partial charge on any atom is -0.0184 e. The van der Waals surface area contributed by atoms with Crippen molar-refractivity contribution in [3.05, 3.63) is 206 Å². The first-order chi connectivity index (χ1) is 33.3. The summed E-state index contributed by atoms with van der Waals surface area (Å²) >= 11 is 0. The lowest BCUT2D eigenvalue weighted by Crippen LogP contribution is -1.73. The fourth-order valence-electron chi connectivity index (χ4n) is 4.19. The van der Waals surface area contributed by atoms with Gasteiger partial charge in [0.25, 0.3) is 0 Å². The van der Waals surface area contributed by atoms with E-state index in [2.05, 4.69) is 165 Å². The van der Waals surface area contributed by atoms with Crippen molar-refractivity contribution in [2.45, 2.75) is 187 Å². The van der Waals surface area contributed by atoms with Gasteiger partial charge in [0.2, 0.25) is 0 Å². The van der Waals surface area contributed by atoms with E-state index in [1.165, 1.54) is 38.6 Å². The molecule has 0 atom stereocenters. The van der Waals surface area contributed by atoms with Gasteiger partial charge in [-0.05, 0) is 39.9 Å². The first-order valence-electron chi connectivity index (χ1n) is 27.0. The lowest BCUT2D eigenvalue weighted by Gasteiger charge is -1.98. The largest absolute Gasteiger partial charge is 0.0683 e. The molecule has 0 aliphatic heterocycles. The van der Waals surface area contributed by atoms with E-state index >= 15 is 0 Å². The summed E-state index contributed by atoms with van der Waals surface area (Å²) < 4.78 is 0. The lowest BCUT2D eigenvalue weighted by molar-refractivity contribution is 1.48. The Morgan fingerprint density at radius 3 is 0.388 bits per heavy atom. The van der Waals surface area contributed by atoms with Gasteiger partial charge in [-0.15, -0.1) is 0 Å². The molecule has 0 fully saturated rings. The van der Waals surface area contributed by atoms with Crippen molar-refractivity contribution in [3.8, 4) is 22.3 Å². The van der Waals surface area contributed by atoms with Crippen LogP contribution in [-0.2, 0) is 0 Å². The Morgan fingerprint density at radius 1 is 0.149 bits per heavy atom. The summed E-state index contributed by atoms with van der Waals surface area (Å²) in [6.45, 7) is 54.1. The van der Waals surface area contributed by atoms with E-state index in [0.717, 1.165) is 0 Å². The third-order valence-corrected chi connectivity index (χ3v) is 6.36. The van der Waals surface area contributed by atoms with E-state index in [1.807, 2.05) is 222 Å². The Hall–Kier alpha value is -5.20. The Bertz CT molecular complexity index is 1430. The highest BCUT2D eigenvalue weighted by molar-refractivity contribution is 5.82. The molecular weight excluding hydrogens is 805 g/mol. The molecule has 0 radical (unpaired) electrons. The summed E-state index contributed by atoms with van der Waals surface area (Å²) in [6.07, 6.45) is 0. The fraction of sp³-hybridized carbons (Fsp3) is 0.403. The number of benzene rings is 7. The second-order valence-electron chi connectivity index (χ2n) is 9.47. The van der Waals surface area contributed by atoms with Gasteiger partial charge in [0.05, 0.1) is 0 Å². The third-order valence-electron chi connectivity index (χ3n) is 6.36. The predicted molar refractivity (Wildman–Crippen MR) is 326 cm³/mol. The van der Waals surface area contributed by atoms with Gasteiger partial charge in [-0.3, -0.25) is 0 Å². The number of aryl methyl sites for hydroxylation is 1. The fourth-order valence-corrected chi connectivity index (χ4v) is 4.19. The van der Waals surface area contributed by atoms with E-state index in [-0.39, 0.29) is 0 Å². The monoisotopic (exact) mass is 919 g/mol. The predicted octanol–water partition coefficient (Wildman–Crippen LogP) is 24.9. The van der Waals surface area contributed by atoms with Gasteiger partial charge >= 0.3 is 0 Å². The van der Waals surface area contributed by atoms with Crippen LogP contribution in [0.5, 0.6) is 0 Å². The van der Waals surface area contributed by atoms with Crippen molar-refractivity contribution in [1.29, 1.82) is 0 Å². The molecule has 0 aliphatic rings. The molecule has 0 amide bonds. The second kappa shape index (κ2) is 91.3. The van der Waals surface area contributed by atoms with Crippen LogP contribution in [0, 0.1) is 6.92 Å². The average Bonchev–Trinajstić information content (AvgIpc) is 3.49. The normalized spacial score (nSPS) is 7.03. The van der Waals surface area contributed by atoms with Crippen LogP contribution in [0.4, 0.5) is 0 Å². The SMILES string of the molecule is CC.CC.CC.CC.CC.CC.CC.CC.CC.CC.CC.CC.CC.Cc1ccccc1.c1ccc(-c2ccccc2)cc1.c1ccc(-c2ccccc2)cc1.c1ccc2ccccc2c1. The molecule has 0 nitrogen and oxygen atoms in total. The van der Waals surface area contributed by atoms with Crippen LogP contribution in [0.3, 0.4) is 0 Å². The molecule has 0 heterocycles. The van der Waals surface area contributed by atoms with Gasteiger partial charge < -0.3 is 0 Å². The van der Waals surface area contributed by atoms with Crippen LogP contribution in [0.25, 0.3) is 33.0 Å². The van der Waals surface area contributed by atoms with Gasteiger partial charge in [0, 0.05) is 0 Å². The summed E-state index contributed by atoms with van der Waals surface area (Å²) in [5.41, 5.74) is 6.43. The van der Waals surface area contributed by atoms with E-state index in [0.29, 0.717) is 0 Å². The van der Waals surface area contributed by atoms with Gasteiger partial charge in [-0.2, -0.15) is 0 Å². The number of hydrogen-bond donors (Lipinski definition) is 0. The molecule has 7 aromatic carbocycles. The Kier molecular flexibility index (Phi) is 116. The van der Waals surface area contributed by atoms with Crippen molar-refractivity contribution in [2.24, 2.45) is 0 Å². The van der Waals surface area contributed by atoms with Gasteiger partial charge in [0.1, 0.15) is 0 Å². The molecule has 0 aliphatic carbocycles. The maximum absolute atomic E-state index is 2.12. The molecule has 0 aromatic heterocycles. The molecule has 0 bridgehead atoms. The molecule has 67 heavy (non-hydrogen) atoms. The quantitative estimate of drug-likeness (QED) is 0.162. The average molecular weight is 920 g/mol. The zero-order valence-corrected chi connectivity index (χ0v) is 49.6. The van der Waals surface area contributed by atoms with E-state index in [1.54, 1.807) is 0 Å². The standard InChI is InChI=1S/2C12H10.C10H8.C7H8.13C2H6/c2*1-3-7-11(8-4-1)12-9-5-2-6-10-12;1-2-6-10-8-4-3-7-9(10)5-1;1-7-5-3-2-4-6-7;13*1-2/h2*1-10H;1-8H;2-6H,1H3;13*1-2H3. The Labute approximate surface area is 423 Å². The zero-order valence-electron chi connectivity index (χ0n) is 49.6. The summed E-state index contributed by atoms with van der Waals surface area (Å²) in [6, 6.07) is 68.5. The van der Waals surface area contributed by atoms with Crippen LogP contribution < -0.4 is 0 Å². The highest BCUT2D eigenvalue weighted by atomic mass is 14.0. The smallest absolute Gasteiger partial charge is 0.0184 e. The Balaban J connectivity index is -0.0000000700. The van der Waals surface area contributed by atoms with Crippen LogP contribution in [0.1, 0.15) is 186 Å². The molecule has 0 N–H and O–H groups in total. The molecule has 0 heteroatoms. The van der Waals surface area contributed by atoms with E-state index in [9.17, 15) is 0 Å². The van der Waals surface area contributed by atoms with Crippen molar-refractivity contribution in [2.75, 3.05) is 0 Å². The molecular formula is C67H114. The van der Waals surface area contributed by atoms with Crippen LogP contribution in [0.15, 0.2) is 200 Å². The first kappa shape index (κ1) is 85.1. The minimum absolute atomic E-state index is 1.28. The van der Waals surface area contributed by atoms with Crippen molar-refractivity contribution >= 4 is 10.8 Å². The lowest BCUT2D eigenvalue weighted by atomic mass is 10.1. The van der Waals surface area contributed by atoms with Gasteiger partial charge in [-0.25, -0.2) is 0 Å². The van der Waals surface area contributed by atoms with Crippen molar-refractivity contribution < 1.29 is 0 Å². The van der Waals surface area contributed by atoms with E-state index in [4.69, 9.17) is 0 Å². The summed E-state index contributed by atoms with van der Waals surface area (Å²) in [5.74, 6) is 0. The third kappa shape index (κ3) is 56.9. The van der Waals surface area contributed by atoms with Crippen LogP contribution in [0.2, 0.25) is 0 Å². The molecule has 7 rings (SSSR count). The molecule has 382 valence electrons. The molecule has 0 saturated heterocycles. The van der Waals surface area contributed by atoms with Crippen molar-refractivity contribution in [1.82, 2.24) is 0 Å². The minimum Gasteiger partial charge on any atom is -0.0683 e. The highest BCUT2D eigenvalue weighted by Gasteiger charge is 1.93.